The summed E-state index contributed by atoms with van der Waals surface area (Å²) < 4.78 is 27.1. The standard InChI is InChI=1S/C14H11ClF2N2O2/c15-12-2-1-3-14(21)19(12)8-13(20)18-7-9-4-10(16)6-11(17)5-9/h1-6H,7-8H2,(H,18,20). The molecule has 1 N–H and O–H groups in total. The molecule has 0 fully saturated rings. The number of nitrogens with one attached hydrogen (secondary N) is 1. The largest absolute Gasteiger partial charge is 0.350 e. The Balaban J connectivity index is 2.01. The number of pyridine rings is 1. The van der Waals surface area contributed by atoms with Gasteiger partial charge in [-0.1, -0.05) is 17.7 Å². The maximum Gasteiger partial charge on any atom is 0.252 e. The monoisotopic (exact) mass is 312 g/mol. The molecule has 0 bridgehead atoms. The molecule has 0 atom stereocenters. The first-order valence-electron chi connectivity index (χ1n) is 6.03. The molecular weight excluding hydrogens is 302 g/mol. The van der Waals surface area contributed by atoms with Gasteiger partial charge in [-0.25, -0.2) is 8.78 Å². The lowest BCUT2D eigenvalue weighted by Crippen LogP contribution is -2.32. The summed E-state index contributed by atoms with van der Waals surface area (Å²) in [6, 6.07) is 7.22. The molecule has 110 valence electrons. The lowest BCUT2D eigenvalue weighted by molar-refractivity contribution is -0.121. The fraction of sp³-hybridized carbons (Fsp3) is 0.143. The Labute approximate surface area is 124 Å². The van der Waals surface area contributed by atoms with Crippen LogP contribution in [-0.2, 0) is 17.9 Å². The van der Waals surface area contributed by atoms with Crippen molar-refractivity contribution < 1.29 is 13.6 Å². The zero-order valence-electron chi connectivity index (χ0n) is 10.8. The van der Waals surface area contributed by atoms with Crippen LogP contribution in [0.5, 0.6) is 0 Å². The Morgan fingerprint density at radius 2 is 1.86 bits per heavy atom. The Kier molecular flexibility index (Phi) is 4.70. The van der Waals surface area contributed by atoms with Crippen molar-refractivity contribution in [2.24, 2.45) is 0 Å². The molecule has 0 saturated heterocycles. The SMILES string of the molecule is O=C(Cn1c(Cl)cccc1=O)NCc1cc(F)cc(F)c1. The van der Waals surface area contributed by atoms with Gasteiger partial charge in [0.05, 0.1) is 0 Å². The van der Waals surface area contributed by atoms with E-state index in [1.807, 2.05) is 0 Å². The van der Waals surface area contributed by atoms with Crippen molar-refractivity contribution in [2.75, 3.05) is 0 Å². The fourth-order valence-electron chi connectivity index (χ4n) is 1.76. The van der Waals surface area contributed by atoms with Gasteiger partial charge >= 0.3 is 0 Å². The Bertz CT molecular complexity index is 711. The highest BCUT2D eigenvalue weighted by molar-refractivity contribution is 6.29. The van der Waals surface area contributed by atoms with Crippen molar-refractivity contribution in [1.29, 1.82) is 0 Å². The zero-order chi connectivity index (χ0) is 15.4. The fourth-order valence-corrected chi connectivity index (χ4v) is 1.98. The van der Waals surface area contributed by atoms with Gasteiger partial charge in [-0.2, -0.15) is 0 Å². The van der Waals surface area contributed by atoms with Crippen molar-refractivity contribution in [3.63, 3.8) is 0 Å². The quantitative estimate of drug-likeness (QED) is 0.879. The van der Waals surface area contributed by atoms with E-state index in [1.165, 1.54) is 18.2 Å². The van der Waals surface area contributed by atoms with Crippen LogP contribution < -0.4 is 10.9 Å². The molecule has 0 aliphatic rings. The summed E-state index contributed by atoms with van der Waals surface area (Å²) in [6.45, 7) is -0.316. The van der Waals surface area contributed by atoms with Crippen LogP contribution in [0.25, 0.3) is 0 Å². The van der Waals surface area contributed by atoms with E-state index in [1.54, 1.807) is 0 Å². The number of hydrogen-bond acceptors (Lipinski definition) is 2. The molecule has 0 aliphatic carbocycles. The van der Waals surface area contributed by atoms with Crippen LogP contribution in [0.1, 0.15) is 5.56 Å². The minimum atomic E-state index is -0.721. The van der Waals surface area contributed by atoms with Crippen LogP contribution in [-0.4, -0.2) is 10.5 Å². The molecule has 0 unspecified atom stereocenters. The molecule has 0 saturated carbocycles. The Hall–Kier alpha value is -2.21. The van der Waals surface area contributed by atoms with E-state index in [0.717, 1.165) is 22.8 Å². The maximum atomic E-state index is 13.0. The van der Waals surface area contributed by atoms with Crippen molar-refractivity contribution in [2.45, 2.75) is 13.1 Å². The molecule has 1 aromatic heterocycles. The molecule has 1 aromatic carbocycles. The van der Waals surface area contributed by atoms with Crippen LogP contribution in [0.2, 0.25) is 5.15 Å². The first-order valence-corrected chi connectivity index (χ1v) is 6.40. The van der Waals surface area contributed by atoms with Gasteiger partial charge in [-0.3, -0.25) is 14.2 Å². The molecule has 0 spiro atoms. The van der Waals surface area contributed by atoms with Gasteiger partial charge in [0.25, 0.3) is 5.56 Å². The van der Waals surface area contributed by atoms with E-state index in [0.29, 0.717) is 0 Å². The number of rotatable bonds is 4. The van der Waals surface area contributed by atoms with E-state index in [-0.39, 0.29) is 23.8 Å². The molecule has 0 radical (unpaired) electrons. The summed E-state index contributed by atoms with van der Waals surface area (Å²) in [6.07, 6.45) is 0. The topological polar surface area (TPSA) is 51.1 Å². The van der Waals surface area contributed by atoms with Crippen LogP contribution in [0.3, 0.4) is 0 Å². The minimum absolute atomic E-state index is 0.0489. The average Bonchev–Trinajstić information content (AvgIpc) is 2.40. The van der Waals surface area contributed by atoms with Crippen molar-refractivity contribution in [3.05, 3.63) is 69.1 Å². The van der Waals surface area contributed by atoms with E-state index < -0.39 is 23.1 Å². The minimum Gasteiger partial charge on any atom is -0.350 e. The van der Waals surface area contributed by atoms with Gasteiger partial charge in [0, 0.05) is 18.7 Å². The number of carbonyl (C=O) groups is 1. The Morgan fingerprint density at radius 3 is 2.48 bits per heavy atom. The number of benzene rings is 1. The van der Waals surface area contributed by atoms with Crippen LogP contribution >= 0.6 is 11.6 Å². The second-order valence-electron chi connectivity index (χ2n) is 4.33. The number of hydrogen-bond donors (Lipinski definition) is 1. The van der Waals surface area contributed by atoms with Crippen LogP contribution in [0.4, 0.5) is 8.78 Å². The maximum absolute atomic E-state index is 13.0. The lowest BCUT2D eigenvalue weighted by atomic mass is 10.2. The van der Waals surface area contributed by atoms with Crippen molar-refractivity contribution in [1.82, 2.24) is 9.88 Å². The molecular formula is C14H11ClF2N2O2. The van der Waals surface area contributed by atoms with Gasteiger partial charge in [0.1, 0.15) is 23.3 Å². The van der Waals surface area contributed by atoms with Crippen molar-refractivity contribution >= 4 is 17.5 Å². The third-order valence-electron chi connectivity index (χ3n) is 2.71. The summed E-state index contributed by atoms with van der Waals surface area (Å²) in [5.74, 6) is -1.93. The number of carbonyl (C=O) groups excluding carboxylic acids is 1. The van der Waals surface area contributed by atoms with Crippen molar-refractivity contribution in [3.8, 4) is 0 Å². The second kappa shape index (κ2) is 6.49. The lowest BCUT2D eigenvalue weighted by Gasteiger charge is -2.09. The second-order valence-corrected chi connectivity index (χ2v) is 4.71. The Morgan fingerprint density at radius 1 is 1.19 bits per heavy atom. The molecule has 4 nitrogen and oxygen atoms in total. The van der Waals surface area contributed by atoms with E-state index >= 15 is 0 Å². The molecule has 21 heavy (non-hydrogen) atoms. The highest BCUT2D eigenvalue weighted by atomic mass is 35.5. The van der Waals surface area contributed by atoms with Gasteiger partial charge in [0.2, 0.25) is 5.91 Å². The summed E-state index contributed by atoms with van der Waals surface area (Å²) in [5, 5.41) is 2.60. The number of amides is 1. The molecule has 0 aliphatic heterocycles. The third kappa shape index (κ3) is 4.13. The average molecular weight is 313 g/mol. The first kappa shape index (κ1) is 15.2. The van der Waals surface area contributed by atoms with Crippen LogP contribution in [0, 0.1) is 11.6 Å². The van der Waals surface area contributed by atoms with E-state index in [9.17, 15) is 18.4 Å². The van der Waals surface area contributed by atoms with E-state index in [4.69, 9.17) is 11.6 Å². The van der Waals surface area contributed by atoms with Gasteiger partial charge in [0.15, 0.2) is 0 Å². The molecule has 7 heteroatoms. The highest BCUT2D eigenvalue weighted by Gasteiger charge is 2.08. The highest BCUT2D eigenvalue weighted by Crippen LogP contribution is 2.08. The van der Waals surface area contributed by atoms with Gasteiger partial charge in [-0.05, 0) is 23.8 Å². The zero-order valence-corrected chi connectivity index (χ0v) is 11.5. The van der Waals surface area contributed by atoms with Gasteiger partial charge < -0.3 is 5.32 Å². The number of nitrogens with zero attached hydrogens (tertiary/aromatic N) is 1. The predicted octanol–water partition coefficient (Wildman–Crippen LogP) is 2.10. The first-order chi connectivity index (χ1) is 9.95. The smallest absolute Gasteiger partial charge is 0.252 e. The summed E-state index contributed by atoms with van der Waals surface area (Å²) in [5.41, 5.74) is -0.123. The molecule has 2 aromatic rings. The predicted molar refractivity (Wildman–Crippen MR) is 73.9 cm³/mol. The molecule has 1 amide bonds. The molecule has 1 heterocycles. The van der Waals surface area contributed by atoms with Crippen LogP contribution in [0.15, 0.2) is 41.2 Å². The summed E-state index contributed by atoms with van der Waals surface area (Å²) in [7, 11) is 0. The summed E-state index contributed by atoms with van der Waals surface area (Å²) >= 11 is 5.82. The van der Waals surface area contributed by atoms with Gasteiger partial charge in [-0.15, -0.1) is 0 Å². The van der Waals surface area contributed by atoms with E-state index in [2.05, 4.69) is 5.32 Å². The number of halogens is 3. The number of aromatic nitrogens is 1. The third-order valence-corrected chi connectivity index (χ3v) is 3.04. The molecule has 2 rings (SSSR count). The summed E-state index contributed by atoms with van der Waals surface area (Å²) in [4.78, 5) is 23.3. The normalized spacial score (nSPS) is 10.4.